The lowest BCUT2D eigenvalue weighted by molar-refractivity contribution is -0.123. The Morgan fingerprint density at radius 1 is 1.03 bits per heavy atom. The Bertz CT molecular complexity index is 1030. The molecular weight excluding hydrogens is 391 g/mol. The molecule has 0 saturated carbocycles. The van der Waals surface area contributed by atoms with Crippen LogP contribution in [-0.2, 0) is 4.79 Å². The second-order valence-corrected chi connectivity index (χ2v) is 7.74. The van der Waals surface area contributed by atoms with Crippen LogP contribution in [0.3, 0.4) is 0 Å². The molecule has 146 valence electrons. The van der Waals surface area contributed by atoms with E-state index in [1.165, 1.54) is 23.9 Å². The molecule has 3 aromatic rings. The molecule has 7 heteroatoms. The number of aromatic hydroxyl groups is 1. The van der Waals surface area contributed by atoms with Crippen molar-refractivity contribution in [3.63, 3.8) is 0 Å². The summed E-state index contributed by atoms with van der Waals surface area (Å²) >= 11 is 1.29. The van der Waals surface area contributed by atoms with E-state index in [1.807, 2.05) is 0 Å². The van der Waals surface area contributed by atoms with Crippen LogP contribution < -0.4 is 4.90 Å². The van der Waals surface area contributed by atoms with E-state index in [0.717, 1.165) is 5.56 Å². The van der Waals surface area contributed by atoms with Gasteiger partial charge in [-0.25, -0.2) is 4.39 Å². The number of thioether (sulfide) groups is 1. The molecule has 1 fully saturated rings. The molecule has 0 radical (unpaired) electrons. The van der Waals surface area contributed by atoms with Crippen molar-refractivity contribution in [1.29, 1.82) is 0 Å². The number of carbonyl (C=O) groups excluding carboxylic acids is 2. The number of phenols is 1. The number of anilines is 1. The van der Waals surface area contributed by atoms with Gasteiger partial charge in [0, 0.05) is 23.6 Å². The van der Waals surface area contributed by atoms with Crippen molar-refractivity contribution in [2.75, 3.05) is 10.7 Å². The number of halogens is 1. The molecule has 0 aliphatic carbocycles. The van der Waals surface area contributed by atoms with E-state index in [0.29, 0.717) is 11.3 Å². The molecule has 1 saturated heterocycles. The van der Waals surface area contributed by atoms with Crippen molar-refractivity contribution in [3.8, 4) is 5.75 Å². The second kappa shape index (κ2) is 8.05. The number of pyridine rings is 1. The monoisotopic (exact) mass is 408 g/mol. The van der Waals surface area contributed by atoms with Crippen LogP contribution in [0.2, 0.25) is 0 Å². The largest absolute Gasteiger partial charge is 0.508 e. The first-order chi connectivity index (χ1) is 14.0. The number of benzene rings is 2. The maximum Gasteiger partial charge on any atom is 0.243 e. The zero-order chi connectivity index (χ0) is 20.4. The number of amides is 1. The van der Waals surface area contributed by atoms with Crippen LogP contribution in [0.25, 0.3) is 0 Å². The smallest absolute Gasteiger partial charge is 0.243 e. The third kappa shape index (κ3) is 3.86. The van der Waals surface area contributed by atoms with E-state index in [9.17, 15) is 19.1 Å². The van der Waals surface area contributed by atoms with Crippen LogP contribution in [0.15, 0.2) is 73.1 Å². The molecule has 29 heavy (non-hydrogen) atoms. The van der Waals surface area contributed by atoms with Crippen LogP contribution >= 0.6 is 11.8 Å². The Balaban J connectivity index is 1.57. The summed E-state index contributed by atoms with van der Waals surface area (Å²) in [7, 11) is 0. The highest BCUT2D eigenvalue weighted by Gasteiger charge is 2.49. The van der Waals surface area contributed by atoms with Crippen molar-refractivity contribution in [2.45, 2.75) is 11.3 Å². The zero-order valence-electron chi connectivity index (χ0n) is 15.2. The molecule has 2 heterocycles. The first-order valence-corrected chi connectivity index (χ1v) is 10.0. The van der Waals surface area contributed by atoms with Gasteiger partial charge in [0.1, 0.15) is 16.8 Å². The highest BCUT2D eigenvalue weighted by molar-refractivity contribution is 8.01. The summed E-state index contributed by atoms with van der Waals surface area (Å²) in [5, 5.41) is 9.14. The van der Waals surface area contributed by atoms with Crippen LogP contribution in [0.1, 0.15) is 22.0 Å². The summed E-state index contributed by atoms with van der Waals surface area (Å²) in [6.07, 6.45) is 3.11. The van der Waals surface area contributed by atoms with Gasteiger partial charge in [-0.3, -0.25) is 14.6 Å². The number of phenolic OH excluding ortho intramolecular Hbond substituents is 1. The van der Waals surface area contributed by atoms with Crippen molar-refractivity contribution in [1.82, 2.24) is 4.98 Å². The fourth-order valence-corrected chi connectivity index (χ4v) is 4.51. The van der Waals surface area contributed by atoms with Crippen molar-refractivity contribution in [3.05, 3.63) is 90.0 Å². The molecule has 4 rings (SSSR count). The lowest BCUT2D eigenvalue weighted by Gasteiger charge is -2.47. The van der Waals surface area contributed by atoms with E-state index >= 15 is 0 Å². The predicted octanol–water partition coefficient (Wildman–Crippen LogP) is 4.00. The molecule has 1 amide bonds. The van der Waals surface area contributed by atoms with Crippen LogP contribution in [0, 0.1) is 5.82 Å². The van der Waals surface area contributed by atoms with Gasteiger partial charge in [-0.05, 0) is 54.1 Å². The highest BCUT2D eigenvalue weighted by Crippen LogP contribution is 2.45. The first-order valence-electron chi connectivity index (χ1n) is 8.97. The first kappa shape index (κ1) is 19.1. The summed E-state index contributed by atoms with van der Waals surface area (Å²) in [6, 6.07) is 15.3. The van der Waals surface area contributed by atoms with Gasteiger partial charge in [0.05, 0.1) is 11.8 Å². The molecule has 5 nitrogen and oxygen atoms in total. The summed E-state index contributed by atoms with van der Waals surface area (Å²) < 4.78 is 13.3. The van der Waals surface area contributed by atoms with Gasteiger partial charge in [0.25, 0.3) is 0 Å². The Morgan fingerprint density at radius 3 is 2.34 bits per heavy atom. The number of β-lactam (4-membered cyclic amide) rings is 1. The van der Waals surface area contributed by atoms with Gasteiger partial charge in [0.15, 0.2) is 5.78 Å². The van der Waals surface area contributed by atoms with Crippen molar-refractivity contribution in [2.24, 2.45) is 0 Å². The minimum absolute atomic E-state index is 0.0742. The standard InChI is InChI=1S/C22H17FN2O3S/c23-16-3-5-17(6-4-16)25-20(15-1-7-18(26)8-2-15)21(22(25)28)29-13-19(27)14-9-11-24-12-10-14/h1-12,20-21,26H,13H2/t20-,21-/m1/s1. The Morgan fingerprint density at radius 2 is 1.69 bits per heavy atom. The molecule has 2 aromatic carbocycles. The van der Waals surface area contributed by atoms with Gasteiger partial charge in [0.2, 0.25) is 5.91 Å². The van der Waals surface area contributed by atoms with Crippen LogP contribution in [0.4, 0.5) is 10.1 Å². The Hall–Kier alpha value is -3.19. The fraction of sp³-hybridized carbons (Fsp3) is 0.136. The van der Waals surface area contributed by atoms with Crippen molar-refractivity contribution < 1.29 is 19.1 Å². The summed E-state index contributed by atoms with van der Waals surface area (Å²) in [5.41, 5.74) is 1.98. The average molecular weight is 408 g/mol. The number of carbonyl (C=O) groups is 2. The normalized spacial score (nSPS) is 18.4. The third-order valence-corrected chi connectivity index (χ3v) is 6.03. The van der Waals surface area contributed by atoms with Crippen molar-refractivity contribution >= 4 is 29.1 Å². The molecule has 0 spiro atoms. The highest BCUT2D eigenvalue weighted by atomic mass is 32.2. The van der Waals surface area contributed by atoms with Crippen LogP contribution in [0.5, 0.6) is 5.75 Å². The third-order valence-electron chi connectivity index (χ3n) is 4.78. The van der Waals surface area contributed by atoms with Gasteiger partial charge in [-0.2, -0.15) is 0 Å². The summed E-state index contributed by atoms with van der Waals surface area (Å²) in [4.78, 5) is 30.8. The number of hydrogen-bond donors (Lipinski definition) is 1. The number of nitrogens with zero attached hydrogens (tertiary/aromatic N) is 2. The van der Waals surface area contributed by atoms with Gasteiger partial charge >= 0.3 is 0 Å². The van der Waals surface area contributed by atoms with E-state index in [1.54, 1.807) is 65.8 Å². The fourth-order valence-electron chi connectivity index (χ4n) is 3.30. The summed E-state index contributed by atoms with van der Waals surface area (Å²) in [6.45, 7) is 0. The maximum atomic E-state index is 13.3. The van der Waals surface area contributed by atoms with Gasteiger partial charge in [-0.15, -0.1) is 11.8 Å². The van der Waals surface area contributed by atoms with Crippen LogP contribution in [-0.4, -0.2) is 32.8 Å². The number of hydrogen-bond acceptors (Lipinski definition) is 5. The maximum absolute atomic E-state index is 13.3. The van der Waals surface area contributed by atoms with Gasteiger partial charge in [-0.1, -0.05) is 12.1 Å². The number of ketones is 1. The molecule has 2 atom stereocenters. The van der Waals surface area contributed by atoms with Gasteiger partial charge < -0.3 is 10.0 Å². The molecule has 0 unspecified atom stereocenters. The predicted molar refractivity (Wildman–Crippen MR) is 110 cm³/mol. The average Bonchev–Trinajstić information content (AvgIpc) is 2.74. The lowest BCUT2D eigenvalue weighted by atomic mass is 9.92. The van der Waals surface area contributed by atoms with E-state index < -0.39 is 5.25 Å². The number of Topliss-reactive ketones (excluding diaryl/α,β-unsaturated/α-hetero) is 1. The molecule has 1 aromatic heterocycles. The Kier molecular flexibility index (Phi) is 5.31. The second-order valence-electron chi connectivity index (χ2n) is 6.61. The number of aromatic nitrogens is 1. The van der Waals surface area contributed by atoms with E-state index in [2.05, 4.69) is 4.98 Å². The Labute approximate surface area is 171 Å². The topological polar surface area (TPSA) is 70.5 Å². The summed E-state index contributed by atoms with van der Waals surface area (Å²) in [5.74, 6) is -0.301. The minimum Gasteiger partial charge on any atom is -0.508 e. The lowest BCUT2D eigenvalue weighted by Crippen LogP contribution is -2.57. The molecule has 1 N–H and O–H groups in total. The minimum atomic E-state index is -0.449. The SMILES string of the molecule is O=C(CS[C@H]1C(=O)N(c2ccc(F)cc2)[C@@H]1c1ccc(O)cc1)c1ccncc1. The van der Waals surface area contributed by atoms with E-state index in [4.69, 9.17) is 0 Å². The van der Waals surface area contributed by atoms with E-state index in [-0.39, 0.29) is 35.1 Å². The zero-order valence-corrected chi connectivity index (χ0v) is 16.1. The molecule has 1 aliphatic heterocycles. The number of rotatable bonds is 6. The molecule has 1 aliphatic rings. The molecular formula is C22H17FN2O3S. The quantitative estimate of drug-likeness (QED) is 0.493. The molecule has 0 bridgehead atoms.